The van der Waals surface area contributed by atoms with E-state index >= 15 is 0 Å². The number of hydrogen-bond acceptors (Lipinski definition) is 2. The first-order valence-electron chi connectivity index (χ1n) is 7.39. The molecule has 0 heterocycles. The molecule has 0 amide bonds. The van der Waals surface area contributed by atoms with Gasteiger partial charge in [0, 0.05) is 13.1 Å². The Hall–Kier alpha value is -1.12. The van der Waals surface area contributed by atoms with Gasteiger partial charge in [-0.2, -0.15) is 0 Å². The van der Waals surface area contributed by atoms with Crippen LogP contribution >= 0.6 is 0 Å². The number of aryl methyl sites for hydroxylation is 1. The molecular formula is C17H25NO. The molecule has 0 spiro atoms. The summed E-state index contributed by atoms with van der Waals surface area (Å²) in [4.78, 5) is 0. The Bertz CT molecular complexity index is 389. The smallest absolute Gasteiger partial charge is 0.0591 e. The van der Waals surface area contributed by atoms with E-state index in [0.717, 1.165) is 32.7 Å². The highest BCUT2D eigenvalue weighted by atomic mass is 16.5. The van der Waals surface area contributed by atoms with Gasteiger partial charge in [0.25, 0.3) is 0 Å². The van der Waals surface area contributed by atoms with Gasteiger partial charge in [0.1, 0.15) is 0 Å². The third kappa shape index (κ3) is 4.48. The minimum absolute atomic E-state index is 0.679. The highest BCUT2D eigenvalue weighted by molar-refractivity contribution is 5.32. The second-order valence-corrected chi connectivity index (χ2v) is 5.18. The maximum absolute atomic E-state index is 5.50. The molecule has 1 aliphatic rings. The molecule has 1 unspecified atom stereocenters. The number of rotatable bonds is 8. The molecule has 1 N–H and O–H groups in total. The van der Waals surface area contributed by atoms with Gasteiger partial charge in [-0.1, -0.05) is 30.3 Å². The monoisotopic (exact) mass is 259 g/mol. The molecule has 104 valence electrons. The van der Waals surface area contributed by atoms with Crippen LogP contribution in [-0.4, -0.2) is 26.3 Å². The van der Waals surface area contributed by atoms with Crippen LogP contribution in [0.4, 0.5) is 0 Å². The van der Waals surface area contributed by atoms with Gasteiger partial charge in [-0.25, -0.2) is 0 Å². The second kappa shape index (κ2) is 8.13. The molecule has 1 aromatic rings. The first-order valence-corrected chi connectivity index (χ1v) is 7.39. The van der Waals surface area contributed by atoms with E-state index in [9.17, 15) is 0 Å². The molecule has 2 heteroatoms. The third-order valence-corrected chi connectivity index (χ3v) is 3.77. The van der Waals surface area contributed by atoms with Crippen LogP contribution in [0.5, 0.6) is 0 Å². The molecular weight excluding hydrogens is 234 g/mol. The maximum atomic E-state index is 5.50. The highest BCUT2D eigenvalue weighted by Crippen LogP contribution is 2.30. The average Bonchev–Trinajstić information content (AvgIpc) is 2.46. The Morgan fingerprint density at radius 3 is 3.11 bits per heavy atom. The van der Waals surface area contributed by atoms with Crippen molar-refractivity contribution in [2.24, 2.45) is 0 Å². The van der Waals surface area contributed by atoms with Crippen LogP contribution in [0, 0.1) is 0 Å². The van der Waals surface area contributed by atoms with Gasteiger partial charge in [-0.05, 0) is 42.7 Å². The maximum Gasteiger partial charge on any atom is 0.0591 e. The number of nitrogens with one attached hydrogen (secondary N) is 1. The lowest BCUT2D eigenvalue weighted by molar-refractivity contribution is 0.140. The summed E-state index contributed by atoms with van der Waals surface area (Å²) in [6.07, 6.45) is 6.71. The fourth-order valence-corrected chi connectivity index (χ4v) is 2.76. The zero-order valence-corrected chi connectivity index (χ0v) is 11.7. The van der Waals surface area contributed by atoms with Crippen LogP contribution < -0.4 is 5.32 Å². The summed E-state index contributed by atoms with van der Waals surface area (Å²) in [5, 5.41) is 3.52. The summed E-state index contributed by atoms with van der Waals surface area (Å²) in [6, 6.07) is 8.89. The van der Waals surface area contributed by atoms with Crippen molar-refractivity contribution in [2.75, 3.05) is 26.3 Å². The van der Waals surface area contributed by atoms with Crippen molar-refractivity contribution in [3.63, 3.8) is 0 Å². The molecule has 0 fully saturated rings. The Morgan fingerprint density at radius 1 is 1.32 bits per heavy atom. The third-order valence-electron chi connectivity index (χ3n) is 3.77. The fraction of sp³-hybridized carbons (Fsp3) is 0.529. The average molecular weight is 259 g/mol. The van der Waals surface area contributed by atoms with Crippen molar-refractivity contribution in [1.29, 1.82) is 0 Å². The lowest BCUT2D eigenvalue weighted by atomic mass is 9.83. The van der Waals surface area contributed by atoms with Crippen LogP contribution in [0.1, 0.15) is 36.3 Å². The van der Waals surface area contributed by atoms with Crippen LogP contribution in [0.25, 0.3) is 0 Å². The van der Waals surface area contributed by atoms with E-state index in [1.165, 1.54) is 19.3 Å². The van der Waals surface area contributed by atoms with Gasteiger partial charge >= 0.3 is 0 Å². The van der Waals surface area contributed by atoms with Crippen LogP contribution in [-0.2, 0) is 11.2 Å². The van der Waals surface area contributed by atoms with Gasteiger partial charge in [0.05, 0.1) is 13.2 Å². The van der Waals surface area contributed by atoms with E-state index in [2.05, 4.69) is 36.2 Å². The van der Waals surface area contributed by atoms with Crippen molar-refractivity contribution in [3.05, 3.63) is 48.0 Å². The predicted octanol–water partition coefficient (Wildman–Crippen LogP) is 3.29. The van der Waals surface area contributed by atoms with E-state index in [0.29, 0.717) is 5.92 Å². The zero-order chi connectivity index (χ0) is 13.3. The molecule has 0 bridgehead atoms. The first-order chi connectivity index (χ1) is 9.42. The van der Waals surface area contributed by atoms with E-state index in [-0.39, 0.29) is 0 Å². The van der Waals surface area contributed by atoms with Crippen molar-refractivity contribution >= 4 is 0 Å². The zero-order valence-electron chi connectivity index (χ0n) is 11.7. The topological polar surface area (TPSA) is 21.3 Å². The quantitative estimate of drug-likeness (QED) is 0.571. The van der Waals surface area contributed by atoms with Crippen molar-refractivity contribution in [1.82, 2.24) is 5.32 Å². The number of benzene rings is 1. The van der Waals surface area contributed by atoms with Gasteiger partial charge in [-0.3, -0.25) is 0 Å². The molecule has 2 nitrogen and oxygen atoms in total. The minimum atomic E-state index is 0.679. The molecule has 0 saturated heterocycles. The highest BCUT2D eigenvalue weighted by Gasteiger charge is 2.18. The van der Waals surface area contributed by atoms with Crippen LogP contribution in [0.15, 0.2) is 36.9 Å². The van der Waals surface area contributed by atoms with Crippen molar-refractivity contribution in [2.45, 2.75) is 31.6 Å². The van der Waals surface area contributed by atoms with Crippen molar-refractivity contribution < 1.29 is 4.74 Å². The summed E-state index contributed by atoms with van der Waals surface area (Å²) in [7, 11) is 0. The molecule has 1 aliphatic carbocycles. The molecule has 0 aromatic heterocycles. The van der Waals surface area contributed by atoms with Crippen molar-refractivity contribution in [3.8, 4) is 0 Å². The van der Waals surface area contributed by atoms with Crippen LogP contribution in [0.3, 0.4) is 0 Å². The molecule has 19 heavy (non-hydrogen) atoms. The Morgan fingerprint density at radius 2 is 2.21 bits per heavy atom. The second-order valence-electron chi connectivity index (χ2n) is 5.18. The Kier molecular flexibility index (Phi) is 6.12. The number of fused-ring (bicyclic) bond motifs is 1. The normalized spacial score (nSPS) is 18.0. The Labute approximate surface area is 116 Å². The van der Waals surface area contributed by atoms with Gasteiger partial charge in [-0.15, -0.1) is 6.58 Å². The first kappa shape index (κ1) is 14.3. The summed E-state index contributed by atoms with van der Waals surface area (Å²) in [6.45, 7) is 7.28. The van der Waals surface area contributed by atoms with Gasteiger partial charge < -0.3 is 10.1 Å². The van der Waals surface area contributed by atoms with Gasteiger partial charge in [0.2, 0.25) is 0 Å². The predicted molar refractivity (Wildman–Crippen MR) is 80.6 cm³/mol. The molecule has 0 aliphatic heterocycles. The van der Waals surface area contributed by atoms with E-state index in [1.807, 2.05) is 6.08 Å². The summed E-state index contributed by atoms with van der Waals surface area (Å²) >= 11 is 0. The van der Waals surface area contributed by atoms with E-state index in [1.54, 1.807) is 11.1 Å². The summed E-state index contributed by atoms with van der Waals surface area (Å²) in [5.41, 5.74) is 3.09. The summed E-state index contributed by atoms with van der Waals surface area (Å²) in [5.74, 6) is 0.679. The SMILES string of the molecule is C=CCCOCCNCC1CCCc2ccccc21. The Balaban J connectivity index is 1.68. The summed E-state index contributed by atoms with van der Waals surface area (Å²) < 4.78 is 5.50. The lowest BCUT2D eigenvalue weighted by Gasteiger charge is -2.25. The van der Waals surface area contributed by atoms with Crippen LogP contribution in [0.2, 0.25) is 0 Å². The van der Waals surface area contributed by atoms with E-state index in [4.69, 9.17) is 4.74 Å². The fourth-order valence-electron chi connectivity index (χ4n) is 2.76. The van der Waals surface area contributed by atoms with E-state index < -0.39 is 0 Å². The lowest BCUT2D eigenvalue weighted by Crippen LogP contribution is -2.27. The molecule has 0 radical (unpaired) electrons. The number of ether oxygens (including phenoxy) is 1. The largest absolute Gasteiger partial charge is 0.380 e. The van der Waals surface area contributed by atoms with Gasteiger partial charge in [0.15, 0.2) is 0 Å². The molecule has 2 rings (SSSR count). The molecule has 1 atom stereocenters. The standard InChI is InChI=1S/C17H25NO/c1-2-3-12-19-13-11-18-14-16-9-6-8-15-7-4-5-10-17(15)16/h2,4-5,7,10,16,18H,1,3,6,8-9,11-14H2. The minimum Gasteiger partial charge on any atom is -0.380 e. The molecule has 0 saturated carbocycles. The number of hydrogen-bond donors (Lipinski definition) is 1. The molecule has 1 aromatic carbocycles.